The molecule has 128 valence electrons. The van der Waals surface area contributed by atoms with Crippen LogP contribution < -0.4 is 5.32 Å². The smallest absolute Gasteiger partial charge is 0.231 e. The van der Waals surface area contributed by atoms with Crippen LogP contribution in [-0.2, 0) is 4.79 Å². The Bertz CT molecular complexity index is 978. The summed E-state index contributed by atoms with van der Waals surface area (Å²) in [6.45, 7) is 1.74. The SMILES string of the molecule is Cc1cccc(F)c1-c1cc(F)c2nc(NC(=O)C3CC3F)cn2c1. The second-order valence-electron chi connectivity index (χ2n) is 6.21. The van der Waals surface area contributed by atoms with Crippen molar-refractivity contribution < 1.29 is 18.0 Å². The minimum Gasteiger partial charge on any atom is -0.309 e. The van der Waals surface area contributed by atoms with E-state index in [2.05, 4.69) is 10.3 Å². The van der Waals surface area contributed by atoms with Crippen LogP contribution in [0.4, 0.5) is 19.0 Å². The minimum atomic E-state index is -1.12. The number of aromatic nitrogens is 2. The van der Waals surface area contributed by atoms with Crippen molar-refractivity contribution in [3.63, 3.8) is 0 Å². The number of imidazole rings is 1. The van der Waals surface area contributed by atoms with Crippen LogP contribution >= 0.6 is 0 Å². The molecule has 0 spiro atoms. The summed E-state index contributed by atoms with van der Waals surface area (Å²) in [5.41, 5.74) is 1.35. The molecule has 1 aliphatic rings. The Morgan fingerprint density at radius 2 is 2.04 bits per heavy atom. The predicted octanol–water partition coefficient (Wildman–Crippen LogP) is 3.88. The number of alkyl halides is 1. The number of fused-ring (bicyclic) bond motifs is 1. The normalized spacial score (nSPS) is 19.2. The lowest BCUT2D eigenvalue weighted by molar-refractivity contribution is -0.117. The number of anilines is 1. The maximum absolute atomic E-state index is 14.4. The number of pyridine rings is 1. The average molecular weight is 345 g/mol. The van der Waals surface area contributed by atoms with Crippen LogP contribution in [0, 0.1) is 24.5 Å². The summed E-state index contributed by atoms with van der Waals surface area (Å²) < 4.78 is 42.9. The average Bonchev–Trinajstić information content (AvgIpc) is 3.13. The summed E-state index contributed by atoms with van der Waals surface area (Å²) in [5, 5.41) is 2.48. The number of carbonyl (C=O) groups is 1. The molecule has 1 N–H and O–H groups in total. The molecule has 1 saturated carbocycles. The standard InChI is InChI=1S/C18H14F3N3O/c1-9-3-2-4-12(19)16(9)10-5-14(21)17-22-15(8-24(17)7-10)23-18(25)11-6-13(11)20/h2-5,7-8,11,13H,6H2,1H3,(H,23,25). The zero-order valence-corrected chi connectivity index (χ0v) is 13.3. The van der Waals surface area contributed by atoms with E-state index in [1.54, 1.807) is 25.3 Å². The number of hydrogen-bond acceptors (Lipinski definition) is 2. The highest BCUT2D eigenvalue weighted by Crippen LogP contribution is 2.35. The summed E-state index contributed by atoms with van der Waals surface area (Å²) in [7, 11) is 0. The van der Waals surface area contributed by atoms with Crippen LogP contribution in [0.25, 0.3) is 16.8 Å². The molecule has 1 aromatic carbocycles. The number of hydrogen-bond donors (Lipinski definition) is 1. The first-order chi connectivity index (χ1) is 11.9. The molecule has 1 fully saturated rings. The molecule has 1 aliphatic carbocycles. The van der Waals surface area contributed by atoms with Crippen molar-refractivity contribution in [2.45, 2.75) is 19.5 Å². The monoisotopic (exact) mass is 345 g/mol. The van der Waals surface area contributed by atoms with Crippen molar-refractivity contribution in [3.05, 3.63) is 53.9 Å². The molecule has 4 rings (SSSR count). The van der Waals surface area contributed by atoms with Gasteiger partial charge in [-0.15, -0.1) is 0 Å². The Hall–Kier alpha value is -2.83. The maximum Gasteiger partial charge on any atom is 0.231 e. The number of benzene rings is 1. The third-order valence-electron chi connectivity index (χ3n) is 4.32. The Labute approximate surface area is 141 Å². The van der Waals surface area contributed by atoms with Crippen LogP contribution in [0.3, 0.4) is 0 Å². The molecule has 7 heteroatoms. The summed E-state index contributed by atoms with van der Waals surface area (Å²) >= 11 is 0. The largest absolute Gasteiger partial charge is 0.309 e. The van der Waals surface area contributed by atoms with E-state index in [4.69, 9.17) is 0 Å². The summed E-state index contributed by atoms with van der Waals surface area (Å²) in [5.74, 6) is -2.09. The molecule has 0 aliphatic heterocycles. The van der Waals surface area contributed by atoms with Gasteiger partial charge in [0.25, 0.3) is 0 Å². The van der Waals surface area contributed by atoms with Gasteiger partial charge in [-0.05, 0) is 31.0 Å². The maximum atomic E-state index is 14.4. The van der Waals surface area contributed by atoms with Crippen LogP contribution in [0.5, 0.6) is 0 Å². The van der Waals surface area contributed by atoms with Crippen LogP contribution in [-0.4, -0.2) is 21.5 Å². The lowest BCUT2D eigenvalue weighted by Gasteiger charge is -2.08. The van der Waals surface area contributed by atoms with E-state index in [1.165, 1.54) is 22.7 Å². The zero-order valence-electron chi connectivity index (χ0n) is 13.3. The van der Waals surface area contributed by atoms with Crippen molar-refractivity contribution in [1.82, 2.24) is 9.38 Å². The Morgan fingerprint density at radius 3 is 2.72 bits per heavy atom. The Morgan fingerprint density at radius 1 is 1.28 bits per heavy atom. The van der Waals surface area contributed by atoms with Crippen molar-refractivity contribution in [3.8, 4) is 11.1 Å². The van der Waals surface area contributed by atoms with Crippen LogP contribution in [0.2, 0.25) is 0 Å². The van der Waals surface area contributed by atoms with E-state index >= 15 is 0 Å². The molecular weight excluding hydrogens is 331 g/mol. The summed E-state index contributed by atoms with van der Waals surface area (Å²) in [6.07, 6.45) is 2.04. The van der Waals surface area contributed by atoms with Crippen molar-refractivity contribution in [2.75, 3.05) is 5.32 Å². The van der Waals surface area contributed by atoms with Gasteiger partial charge in [-0.2, -0.15) is 0 Å². The highest BCUT2D eigenvalue weighted by molar-refractivity contribution is 5.94. The van der Waals surface area contributed by atoms with Gasteiger partial charge >= 0.3 is 0 Å². The summed E-state index contributed by atoms with van der Waals surface area (Å²) in [4.78, 5) is 15.8. The summed E-state index contributed by atoms with van der Waals surface area (Å²) in [6, 6.07) is 5.85. The van der Waals surface area contributed by atoms with E-state index in [-0.39, 0.29) is 17.9 Å². The van der Waals surface area contributed by atoms with Gasteiger partial charge in [0.1, 0.15) is 12.0 Å². The molecule has 1 amide bonds. The first-order valence-electron chi connectivity index (χ1n) is 7.82. The van der Waals surface area contributed by atoms with E-state index in [0.717, 1.165) is 0 Å². The molecule has 2 aromatic heterocycles. The molecule has 2 atom stereocenters. The molecule has 0 bridgehead atoms. The molecule has 0 saturated heterocycles. The highest BCUT2D eigenvalue weighted by atomic mass is 19.1. The van der Waals surface area contributed by atoms with Crippen molar-refractivity contribution in [1.29, 1.82) is 0 Å². The first kappa shape index (κ1) is 15.7. The van der Waals surface area contributed by atoms with E-state index in [0.29, 0.717) is 16.7 Å². The number of nitrogens with zero attached hydrogens (tertiary/aromatic N) is 2. The van der Waals surface area contributed by atoms with Gasteiger partial charge < -0.3 is 9.72 Å². The lowest BCUT2D eigenvalue weighted by atomic mass is 10.0. The number of carbonyl (C=O) groups excluding carboxylic acids is 1. The molecule has 25 heavy (non-hydrogen) atoms. The second-order valence-corrected chi connectivity index (χ2v) is 6.21. The fourth-order valence-electron chi connectivity index (χ4n) is 2.91. The number of halogens is 3. The van der Waals surface area contributed by atoms with E-state index in [9.17, 15) is 18.0 Å². The first-order valence-corrected chi connectivity index (χ1v) is 7.82. The number of rotatable bonds is 3. The zero-order chi connectivity index (χ0) is 17.7. The van der Waals surface area contributed by atoms with Crippen LogP contribution in [0.15, 0.2) is 36.7 Å². The lowest BCUT2D eigenvalue weighted by Crippen LogP contribution is -2.15. The topological polar surface area (TPSA) is 46.4 Å². The molecule has 2 unspecified atom stereocenters. The van der Waals surface area contributed by atoms with E-state index in [1.807, 2.05) is 0 Å². The quantitative estimate of drug-likeness (QED) is 0.783. The number of nitrogens with one attached hydrogen (secondary N) is 1. The second kappa shape index (κ2) is 5.61. The molecule has 0 radical (unpaired) electrons. The number of aryl methyl sites for hydroxylation is 1. The van der Waals surface area contributed by atoms with Crippen molar-refractivity contribution >= 4 is 17.4 Å². The third kappa shape index (κ3) is 2.75. The predicted molar refractivity (Wildman–Crippen MR) is 86.9 cm³/mol. The van der Waals surface area contributed by atoms with Gasteiger partial charge in [0.05, 0.1) is 12.1 Å². The van der Waals surface area contributed by atoms with Crippen LogP contribution in [0.1, 0.15) is 12.0 Å². The van der Waals surface area contributed by atoms with Crippen molar-refractivity contribution in [2.24, 2.45) is 5.92 Å². The number of amides is 1. The molecule has 4 nitrogen and oxygen atoms in total. The van der Waals surface area contributed by atoms with Gasteiger partial charge in [-0.25, -0.2) is 18.2 Å². The van der Waals surface area contributed by atoms with Gasteiger partial charge in [-0.1, -0.05) is 12.1 Å². The Balaban J connectivity index is 1.73. The molecule has 3 aromatic rings. The van der Waals surface area contributed by atoms with Gasteiger partial charge in [-0.3, -0.25) is 4.79 Å². The van der Waals surface area contributed by atoms with E-state index < -0.39 is 29.6 Å². The van der Waals surface area contributed by atoms with Gasteiger partial charge in [0, 0.05) is 17.3 Å². The fraction of sp³-hybridized carbons (Fsp3) is 0.222. The molecular formula is C18H14F3N3O. The fourth-order valence-corrected chi connectivity index (χ4v) is 2.91. The molecule has 2 heterocycles. The Kier molecular flexibility index (Phi) is 3.52. The highest BCUT2D eigenvalue weighted by Gasteiger charge is 2.43. The minimum absolute atomic E-state index is 0.000591. The van der Waals surface area contributed by atoms with Gasteiger partial charge in [0.2, 0.25) is 5.91 Å². The third-order valence-corrected chi connectivity index (χ3v) is 4.32. The van der Waals surface area contributed by atoms with Gasteiger partial charge in [0.15, 0.2) is 17.3 Å².